The highest BCUT2D eigenvalue weighted by Gasteiger charge is 1.77. The third-order valence-electron chi connectivity index (χ3n) is 0.149. The van der Waals surface area contributed by atoms with Crippen molar-refractivity contribution in [1.29, 1.82) is 0 Å². The molecule has 0 spiro atoms. The van der Waals surface area contributed by atoms with E-state index in [0.29, 0.717) is 0 Å². The van der Waals surface area contributed by atoms with E-state index in [1.54, 1.807) is 6.92 Å². The molecule has 0 aromatic carbocycles. The fourth-order valence-electron chi connectivity index (χ4n) is 0. The van der Waals surface area contributed by atoms with Crippen LogP contribution in [0.15, 0.2) is 0 Å². The second-order valence-electron chi connectivity index (χ2n) is 0.722. The summed E-state index contributed by atoms with van der Waals surface area (Å²) in [5.74, 6) is 0. The lowest BCUT2D eigenvalue weighted by Gasteiger charge is -1.75. The fourth-order valence-corrected chi connectivity index (χ4v) is 0. The number of aliphatic hydroxyl groups is 1. The number of hydrogen-bond acceptors (Lipinski definition) is 4. The predicted octanol–water partition coefficient (Wildman–Crippen LogP) is -8.78. The Kier molecular flexibility index (Phi) is 1850. The van der Waals surface area contributed by atoms with Crippen molar-refractivity contribution in [3.63, 3.8) is 0 Å². The second-order valence-corrected chi connectivity index (χ2v) is 0.722. The third-order valence-corrected chi connectivity index (χ3v) is 0.149. The van der Waals surface area contributed by atoms with Crippen LogP contribution in [0, 0.1) is 10.1 Å². The van der Waals surface area contributed by atoms with Gasteiger partial charge in [-0.15, -0.1) is 10.1 Å². The van der Waals surface area contributed by atoms with E-state index in [0.717, 1.165) is 7.11 Å². The standard InChI is InChI=1S/C2H6O.CH3NO3.Al.9H2O.3H/c1-2-3;1-5-2(3)4;;;;;;;;;;;;;/h3H,2H2,1H3;1H3;;9*1H2;;;. The van der Waals surface area contributed by atoms with E-state index < -0.39 is 5.09 Å². The van der Waals surface area contributed by atoms with E-state index in [4.69, 9.17) is 15.2 Å². The molecule has 0 amide bonds. The van der Waals surface area contributed by atoms with Gasteiger partial charge >= 0.3 is 0 Å². The molecule has 0 fully saturated rings. The van der Waals surface area contributed by atoms with E-state index in [2.05, 4.69) is 4.84 Å². The predicted molar refractivity (Wildman–Crippen MR) is 69.2 cm³/mol. The Morgan fingerprint density at radius 1 is 0.944 bits per heavy atom. The average molecular weight is 315 g/mol. The highest BCUT2D eigenvalue weighted by Crippen LogP contribution is 1.57. The monoisotopic (exact) mass is 315 g/mol. The Hall–Kier alpha value is -0.668. The van der Waals surface area contributed by atoms with Gasteiger partial charge in [0.2, 0.25) is 0 Å². The lowest BCUT2D eigenvalue weighted by molar-refractivity contribution is -0.749. The van der Waals surface area contributed by atoms with Crippen LogP contribution in [0.5, 0.6) is 0 Å². The van der Waals surface area contributed by atoms with E-state index >= 15 is 0 Å². The third kappa shape index (κ3) is 1770. The molecule has 19 N–H and O–H groups in total. The van der Waals surface area contributed by atoms with Crippen molar-refractivity contribution in [1.82, 2.24) is 0 Å². The van der Waals surface area contributed by atoms with Crippen LogP contribution in [-0.4, -0.2) is 90.6 Å². The van der Waals surface area contributed by atoms with Gasteiger partial charge < -0.3 is 59.2 Å². The van der Waals surface area contributed by atoms with Gasteiger partial charge in [0.25, 0.3) is 5.09 Å². The van der Waals surface area contributed by atoms with Gasteiger partial charge in [0, 0.05) is 6.61 Å². The Morgan fingerprint density at radius 3 is 1.00 bits per heavy atom. The van der Waals surface area contributed by atoms with Crippen molar-refractivity contribution in [2.75, 3.05) is 13.7 Å². The number of aliphatic hydroxyl groups excluding tert-OH is 1. The highest BCUT2D eigenvalue weighted by molar-refractivity contribution is 5.75. The van der Waals surface area contributed by atoms with E-state index in [9.17, 15) is 0 Å². The Morgan fingerprint density at radius 2 is 1.00 bits per heavy atom. The van der Waals surface area contributed by atoms with E-state index in [-0.39, 0.29) is 73.3 Å². The zero-order valence-electron chi connectivity index (χ0n) is 9.33. The summed E-state index contributed by atoms with van der Waals surface area (Å²) in [6, 6.07) is 0. The van der Waals surface area contributed by atoms with Crippen LogP contribution < -0.4 is 0 Å². The zero-order chi connectivity index (χ0) is 6.99. The maximum absolute atomic E-state index is 8.95. The molecule has 14 nitrogen and oxygen atoms in total. The summed E-state index contributed by atoms with van der Waals surface area (Å²) in [6.07, 6.45) is 0. The molecule has 0 bridgehead atoms. The second kappa shape index (κ2) is 205. The first kappa shape index (κ1) is 163. The molecule has 0 aromatic heterocycles. The molecule has 0 atom stereocenters. The molecule has 0 radical (unpaired) electrons. The summed E-state index contributed by atoms with van der Waals surface area (Å²) in [5.41, 5.74) is 0. The van der Waals surface area contributed by atoms with E-state index in [1.165, 1.54) is 0 Å². The van der Waals surface area contributed by atoms with Crippen LogP contribution in [0.3, 0.4) is 0 Å². The summed E-state index contributed by atoms with van der Waals surface area (Å²) in [7, 11) is 1.00. The summed E-state index contributed by atoms with van der Waals surface area (Å²) in [5, 5.41) is 15.6. The molecule has 128 valence electrons. The van der Waals surface area contributed by atoms with Crippen molar-refractivity contribution in [2.45, 2.75) is 6.92 Å². The Bertz CT molecular complexity index is 66.2. The Labute approximate surface area is 113 Å². The first-order chi connectivity index (χ1) is 3.68. The van der Waals surface area contributed by atoms with Crippen LogP contribution in [0.1, 0.15) is 6.92 Å². The molecule has 0 saturated carbocycles. The van der Waals surface area contributed by atoms with Crippen LogP contribution in [0.2, 0.25) is 0 Å². The smallest absolute Gasteiger partial charge is 0.294 e. The van der Waals surface area contributed by atoms with Gasteiger partial charge in [-0.1, -0.05) is 0 Å². The largest absolute Gasteiger partial charge is 0.412 e. The van der Waals surface area contributed by atoms with Crippen molar-refractivity contribution in [3.8, 4) is 0 Å². The van der Waals surface area contributed by atoms with Gasteiger partial charge in [-0.3, -0.25) is 0 Å². The quantitative estimate of drug-likeness (QED) is 0.279. The van der Waals surface area contributed by atoms with Gasteiger partial charge in [0.1, 0.15) is 0 Å². The van der Waals surface area contributed by atoms with Crippen molar-refractivity contribution in [2.24, 2.45) is 0 Å². The molecule has 0 aliphatic heterocycles. The maximum Gasteiger partial charge on any atom is 0.294 e. The SMILES string of the molecule is CCO.CO[N+](=O)[O-].O.O.O.O.O.O.O.O.O.[AlH3]. The lowest BCUT2D eigenvalue weighted by Crippen LogP contribution is -1.91. The van der Waals surface area contributed by atoms with Crippen molar-refractivity contribution < 1.29 is 64.3 Å². The number of rotatable bonds is 1. The lowest BCUT2D eigenvalue weighted by atomic mass is 10.9. The van der Waals surface area contributed by atoms with Crippen LogP contribution in [-0.2, 0) is 4.84 Å². The van der Waals surface area contributed by atoms with Gasteiger partial charge in [-0.25, -0.2) is 0 Å². The minimum Gasteiger partial charge on any atom is -0.412 e. The zero-order valence-corrected chi connectivity index (χ0v) is 9.33. The minimum absolute atomic E-state index is 0. The first-order valence-corrected chi connectivity index (χ1v) is 1.98. The van der Waals surface area contributed by atoms with Crippen LogP contribution >= 0.6 is 0 Å². The molecule has 0 aromatic rings. The number of hydrogen-bond donors (Lipinski definition) is 1. The minimum atomic E-state index is -0.875. The number of nitrogens with zero attached hydrogens (tertiary/aromatic N) is 1. The summed E-state index contributed by atoms with van der Waals surface area (Å²) < 4.78 is 0. The summed E-state index contributed by atoms with van der Waals surface area (Å²) in [4.78, 5) is 12.4. The van der Waals surface area contributed by atoms with Gasteiger partial charge in [-0.05, 0) is 6.92 Å². The van der Waals surface area contributed by atoms with E-state index in [1.807, 2.05) is 0 Å². The van der Waals surface area contributed by atoms with Crippen molar-refractivity contribution in [3.05, 3.63) is 10.1 Å². The molecule has 0 aliphatic carbocycles. The molecule has 0 saturated heterocycles. The summed E-state index contributed by atoms with van der Waals surface area (Å²) in [6.45, 7) is 1.93. The molecule has 15 heteroatoms. The fraction of sp³-hybridized carbons (Fsp3) is 1.00. The molecule has 18 heavy (non-hydrogen) atoms. The first-order valence-electron chi connectivity index (χ1n) is 1.98. The molecule has 0 heterocycles. The topological polar surface area (TPSA) is 356 Å². The molecule has 0 unspecified atom stereocenters. The van der Waals surface area contributed by atoms with Gasteiger partial charge in [0.15, 0.2) is 17.4 Å². The maximum atomic E-state index is 8.95. The highest BCUT2D eigenvalue weighted by atomic mass is 27.0. The molecular formula is C3H30AlNO13. The normalized spacial score (nSPS) is 2.83. The van der Waals surface area contributed by atoms with Crippen LogP contribution in [0.4, 0.5) is 0 Å². The molecule has 0 rings (SSSR count). The van der Waals surface area contributed by atoms with Gasteiger partial charge in [0.05, 0.1) is 7.11 Å². The average Bonchev–Trinajstić information content (AvgIpc) is 1.69. The molecule has 0 aliphatic rings. The van der Waals surface area contributed by atoms with Crippen LogP contribution in [0.25, 0.3) is 0 Å². The van der Waals surface area contributed by atoms with Crippen molar-refractivity contribution >= 4 is 17.4 Å². The molecular weight excluding hydrogens is 285 g/mol. The van der Waals surface area contributed by atoms with Gasteiger partial charge in [-0.2, -0.15) is 0 Å². The summed E-state index contributed by atoms with van der Waals surface area (Å²) >= 11 is 0. The Balaban J connectivity index is -0.00000000265.